The lowest BCUT2D eigenvalue weighted by Crippen LogP contribution is -2.61. The summed E-state index contributed by atoms with van der Waals surface area (Å²) < 4.78 is 41.6. The summed E-state index contributed by atoms with van der Waals surface area (Å²) in [7, 11) is -7.52. The molecule has 32 heavy (non-hydrogen) atoms. The first-order valence-corrected chi connectivity index (χ1v) is 13.2. The van der Waals surface area contributed by atoms with Crippen LogP contribution in [0, 0.1) is 10.2 Å². The maximum absolute atomic E-state index is 12.0. The van der Waals surface area contributed by atoms with Crippen LogP contribution in [0.25, 0.3) is 0 Å². The summed E-state index contributed by atoms with van der Waals surface area (Å²) in [5.74, 6) is 0. The van der Waals surface area contributed by atoms with Crippen LogP contribution in [0.2, 0.25) is 0 Å². The molecule has 0 aliphatic heterocycles. The molecule has 0 atom stereocenters. The van der Waals surface area contributed by atoms with Crippen LogP contribution >= 0.6 is 10.3 Å². The Morgan fingerprint density at radius 2 is 0.906 bits per heavy atom. The van der Waals surface area contributed by atoms with Crippen LogP contribution in [0.4, 0.5) is 0 Å². The fraction of sp³-hybridized carbons (Fsp3) is 0.308. The minimum atomic E-state index is -4.70. The maximum Gasteiger partial charge on any atom is 0.134 e. The van der Waals surface area contributed by atoms with Crippen molar-refractivity contribution in [3.63, 3.8) is 0 Å². The monoisotopic (exact) mass is 474 g/mol. The molecule has 4 nitrogen and oxygen atoms in total. The van der Waals surface area contributed by atoms with Gasteiger partial charge in [-0.3, -0.25) is 0 Å². The highest BCUT2D eigenvalue weighted by Crippen LogP contribution is 2.70. The molecule has 0 spiro atoms. The van der Waals surface area contributed by atoms with E-state index in [1.54, 1.807) is 0 Å². The topological polar surface area (TPSA) is 78.4 Å². The standard InChI is InChI=1S/C26H31ClO4S/c1-25(2,3)20-12-16-23(17-13-20)32(31-27(28,29)30,22-10-8-7-9-11-22)24-18-14-21(15-19-24)26(4,5)6/h7-19H,1-6H3. The molecule has 0 unspecified atom stereocenters. The highest BCUT2D eigenvalue weighted by atomic mass is 35.7. The van der Waals surface area contributed by atoms with E-state index in [0.29, 0.717) is 14.7 Å². The predicted octanol–water partition coefficient (Wildman–Crippen LogP) is 4.39. The summed E-state index contributed by atoms with van der Waals surface area (Å²) in [6, 6.07) is 24.5. The Morgan fingerprint density at radius 1 is 0.562 bits per heavy atom. The van der Waals surface area contributed by atoms with Crippen molar-refractivity contribution in [2.24, 2.45) is 0 Å². The van der Waals surface area contributed by atoms with Gasteiger partial charge in [0.05, 0.1) is 20.6 Å². The summed E-state index contributed by atoms with van der Waals surface area (Å²) in [4.78, 5) is 1.93. The minimum absolute atomic E-state index is 0.0681. The quantitative estimate of drug-likeness (QED) is 0.549. The molecule has 0 aliphatic rings. The molecule has 0 aromatic heterocycles. The first-order valence-electron chi connectivity index (χ1n) is 10.4. The van der Waals surface area contributed by atoms with Gasteiger partial charge in [-0.2, -0.15) is 14.0 Å². The molecular formula is C26H31ClO4S. The van der Waals surface area contributed by atoms with E-state index >= 15 is 0 Å². The van der Waals surface area contributed by atoms with Gasteiger partial charge in [0.25, 0.3) is 0 Å². The summed E-state index contributed by atoms with van der Waals surface area (Å²) in [6.07, 6.45) is 0. The zero-order valence-electron chi connectivity index (χ0n) is 19.4. The predicted molar refractivity (Wildman–Crippen MR) is 120 cm³/mol. The highest BCUT2D eigenvalue weighted by Gasteiger charge is 2.46. The Morgan fingerprint density at radius 3 is 1.22 bits per heavy atom. The molecule has 0 heterocycles. The number of rotatable bonds is 5. The smallest absolute Gasteiger partial charge is 0.134 e. The van der Waals surface area contributed by atoms with Gasteiger partial charge in [0.15, 0.2) is 0 Å². The van der Waals surface area contributed by atoms with Gasteiger partial charge in [-0.05, 0) is 58.4 Å². The van der Waals surface area contributed by atoms with Gasteiger partial charge < -0.3 is 0 Å². The summed E-state index contributed by atoms with van der Waals surface area (Å²) >= 11 is 0. The third-order valence-electron chi connectivity index (χ3n) is 5.35. The van der Waals surface area contributed by atoms with Crippen molar-refractivity contribution in [2.75, 3.05) is 0 Å². The van der Waals surface area contributed by atoms with Crippen molar-refractivity contribution in [1.29, 1.82) is 0 Å². The van der Waals surface area contributed by atoms with Crippen LogP contribution in [0.15, 0.2) is 93.5 Å². The van der Waals surface area contributed by atoms with Crippen LogP contribution in [0.3, 0.4) is 0 Å². The van der Waals surface area contributed by atoms with E-state index in [-0.39, 0.29) is 10.8 Å². The van der Waals surface area contributed by atoms with Crippen LogP contribution in [-0.2, 0) is 14.6 Å². The Kier molecular flexibility index (Phi) is 6.83. The SMILES string of the molecule is CC(C)(C)c1ccc(S(O[Cl+3]([O-])([O-])[O-])(c2ccccc2)c2ccc(C(C)(C)C)cc2)cc1. The normalized spacial score (nSPS) is 13.8. The lowest BCUT2D eigenvalue weighted by molar-refractivity contribution is -1.91. The molecule has 0 bridgehead atoms. The fourth-order valence-electron chi connectivity index (χ4n) is 3.54. The molecule has 0 aliphatic carbocycles. The van der Waals surface area contributed by atoms with Crippen LogP contribution in [0.1, 0.15) is 52.7 Å². The van der Waals surface area contributed by atoms with E-state index in [1.165, 1.54) is 0 Å². The first kappa shape index (κ1) is 24.8. The van der Waals surface area contributed by atoms with Gasteiger partial charge in [0.2, 0.25) is 0 Å². The summed E-state index contributed by atoms with van der Waals surface area (Å²) in [5, 5.41) is 0. The number of hydrogen-bond donors (Lipinski definition) is 0. The molecule has 0 radical (unpaired) electrons. The Balaban J connectivity index is 2.30. The maximum atomic E-state index is 12.0. The number of benzene rings is 3. The summed E-state index contributed by atoms with van der Waals surface area (Å²) in [5.41, 5.74) is 2.07. The zero-order valence-corrected chi connectivity index (χ0v) is 21.0. The molecule has 3 aromatic carbocycles. The highest BCUT2D eigenvalue weighted by molar-refractivity contribution is 8.29. The van der Waals surface area contributed by atoms with Crippen molar-refractivity contribution < 1.29 is 28.0 Å². The second-order valence-electron chi connectivity index (χ2n) is 9.86. The van der Waals surface area contributed by atoms with E-state index in [9.17, 15) is 14.0 Å². The van der Waals surface area contributed by atoms with Gasteiger partial charge in [-0.1, -0.05) is 84.0 Å². The third-order valence-corrected chi connectivity index (χ3v) is 9.53. The van der Waals surface area contributed by atoms with E-state index in [0.717, 1.165) is 11.1 Å². The molecule has 3 aromatic rings. The largest absolute Gasteiger partial charge is 0.182 e. The van der Waals surface area contributed by atoms with Crippen LogP contribution in [0.5, 0.6) is 0 Å². The minimum Gasteiger partial charge on any atom is -0.182 e. The molecule has 0 saturated carbocycles. The fourth-order valence-corrected chi connectivity index (χ4v) is 7.73. The molecular weight excluding hydrogens is 444 g/mol. The lowest BCUT2D eigenvalue weighted by atomic mass is 9.87. The third kappa shape index (κ3) is 5.37. The lowest BCUT2D eigenvalue weighted by Gasteiger charge is -2.35. The van der Waals surface area contributed by atoms with Gasteiger partial charge in [0.1, 0.15) is 3.74 Å². The number of hydrogen-bond acceptors (Lipinski definition) is 4. The van der Waals surface area contributed by atoms with Gasteiger partial charge in [0, 0.05) is 14.7 Å². The Hall–Kier alpha value is -1.86. The second kappa shape index (κ2) is 8.82. The van der Waals surface area contributed by atoms with Crippen molar-refractivity contribution in [2.45, 2.75) is 67.1 Å². The Labute approximate surface area is 195 Å². The average Bonchev–Trinajstić information content (AvgIpc) is 2.71. The van der Waals surface area contributed by atoms with Gasteiger partial charge in [-0.25, -0.2) is 0 Å². The second-order valence-corrected chi connectivity index (χ2v) is 13.6. The number of halogens is 1. The zero-order chi connectivity index (χ0) is 23.8. The molecule has 6 heteroatoms. The molecule has 0 saturated heterocycles. The van der Waals surface area contributed by atoms with Crippen molar-refractivity contribution in [1.82, 2.24) is 0 Å². The molecule has 0 N–H and O–H groups in total. The van der Waals surface area contributed by atoms with E-state index in [1.807, 2.05) is 78.9 Å². The van der Waals surface area contributed by atoms with Crippen LogP contribution < -0.4 is 14.0 Å². The van der Waals surface area contributed by atoms with Crippen molar-refractivity contribution in [3.05, 3.63) is 90.0 Å². The van der Waals surface area contributed by atoms with E-state index in [4.69, 9.17) is 3.74 Å². The van der Waals surface area contributed by atoms with E-state index in [2.05, 4.69) is 41.5 Å². The molecule has 172 valence electrons. The van der Waals surface area contributed by atoms with E-state index < -0.39 is 20.6 Å². The first-order chi connectivity index (χ1) is 14.7. The van der Waals surface area contributed by atoms with Crippen molar-refractivity contribution in [3.8, 4) is 0 Å². The summed E-state index contributed by atoms with van der Waals surface area (Å²) in [6.45, 7) is 12.7. The van der Waals surface area contributed by atoms with Gasteiger partial charge in [-0.15, -0.1) is 0 Å². The molecule has 0 fully saturated rings. The van der Waals surface area contributed by atoms with Crippen molar-refractivity contribution >= 4 is 10.3 Å². The molecule has 3 rings (SSSR count). The Bertz CT molecular complexity index is 971. The average molecular weight is 475 g/mol. The van der Waals surface area contributed by atoms with Crippen LogP contribution in [-0.4, -0.2) is 0 Å². The van der Waals surface area contributed by atoms with Gasteiger partial charge >= 0.3 is 0 Å². The molecule has 0 amide bonds.